The molecule has 126 valence electrons. The minimum absolute atomic E-state index is 0.236. The number of nitrogens with zero attached hydrogens (tertiary/aromatic N) is 5. The van der Waals surface area contributed by atoms with E-state index in [-0.39, 0.29) is 16.9 Å². The van der Waals surface area contributed by atoms with Crippen molar-refractivity contribution in [2.45, 2.75) is 6.54 Å². The van der Waals surface area contributed by atoms with Crippen LogP contribution >= 0.6 is 0 Å². The fourth-order valence-electron chi connectivity index (χ4n) is 2.73. The van der Waals surface area contributed by atoms with E-state index in [0.717, 1.165) is 11.1 Å². The van der Waals surface area contributed by atoms with Crippen molar-refractivity contribution in [1.29, 1.82) is 0 Å². The normalized spacial score (nSPS) is 11.4. The highest BCUT2D eigenvalue weighted by molar-refractivity contribution is 5.82. The molecule has 0 saturated heterocycles. The highest BCUT2D eigenvalue weighted by Gasteiger charge is 2.14. The maximum atomic E-state index is 13.1. The van der Waals surface area contributed by atoms with Crippen molar-refractivity contribution in [3.05, 3.63) is 58.9 Å². The molecule has 8 heteroatoms. The van der Waals surface area contributed by atoms with Crippen LogP contribution in [-0.4, -0.2) is 38.1 Å². The van der Waals surface area contributed by atoms with Crippen molar-refractivity contribution in [2.75, 3.05) is 13.7 Å². The number of pyridine rings is 1. The van der Waals surface area contributed by atoms with Crippen molar-refractivity contribution in [3.63, 3.8) is 0 Å². The molecule has 4 aromatic rings. The summed E-state index contributed by atoms with van der Waals surface area (Å²) in [5, 5.41) is 12.6. The van der Waals surface area contributed by atoms with E-state index in [2.05, 4.69) is 15.3 Å². The lowest BCUT2D eigenvalue weighted by atomic mass is 10.1. The van der Waals surface area contributed by atoms with Crippen LogP contribution in [0.1, 0.15) is 0 Å². The molecule has 0 N–H and O–H groups in total. The van der Waals surface area contributed by atoms with Crippen LogP contribution in [0.3, 0.4) is 0 Å². The molecule has 0 aliphatic carbocycles. The van der Waals surface area contributed by atoms with Gasteiger partial charge in [0.1, 0.15) is 11.3 Å². The lowest BCUT2D eigenvalue weighted by molar-refractivity contribution is 0.186. The van der Waals surface area contributed by atoms with Crippen molar-refractivity contribution in [3.8, 4) is 11.1 Å². The Balaban J connectivity index is 1.89. The first-order valence-electron chi connectivity index (χ1n) is 7.67. The van der Waals surface area contributed by atoms with Gasteiger partial charge in [0.05, 0.1) is 12.8 Å². The van der Waals surface area contributed by atoms with Gasteiger partial charge in [-0.15, -0.1) is 10.2 Å². The van der Waals surface area contributed by atoms with Gasteiger partial charge in [0.15, 0.2) is 11.2 Å². The molecule has 0 unspecified atom stereocenters. The molecule has 4 rings (SSSR count). The van der Waals surface area contributed by atoms with Crippen LogP contribution in [-0.2, 0) is 11.3 Å². The van der Waals surface area contributed by atoms with Gasteiger partial charge >= 0.3 is 0 Å². The number of aromatic nitrogens is 5. The molecule has 0 amide bonds. The summed E-state index contributed by atoms with van der Waals surface area (Å²) in [6.07, 6.45) is 3.32. The lowest BCUT2D eigenvalue weighted by Crippen LogP contribution is -2.23. The molecule has 0 bridgehead atoms. The van der Waals surface area contributed by atoms with E-state index in [1.165, 1.54) is 16.7 Å². The first-order valence-corrected chi connectivity index (χ1v) is 7.67. The second-order valence-corrected chi connectivity index (χ2v) is 5.54. The third kappa shape index (κ3) is 2.56. The van der Waals surface area contributed by atoms with E-state index in [1.54, 1.807) is 42.2 Å². The predicted octanol–water partition coefficient (Wildman–Crippen LogP) is 1.89. The van der Waals surface area contributed by atoms with Gasteiger partial charge in [-0.2, -0.15) is 5.10 Å². The smallest absolute Gasteiger partial charge is 0.280 e. The summed E-state index contributed by atoms with van der Waals surface area (Å²) in [6, 6.07) is 7.83. The molecule has 0 atom stereocenters. The molecule has 1 aromatic carbocycles. The van der Waals surface area contributed by atoms with Crippen LogP contribution < -0.4 is 5.56 Å². The number of benzene rings is 1. The predicted molar refractivity (Wildman–Crippen MR) is 89.8 cm³/mol. The minimum atomic E-state index is -0.312. The largest absolute Gasteiger partial charge is 0.383 e. The molecule has 0 fully saturated rings. The van der Waals surface area contributed by atoms with Crippen LogP contribution in [0.25, 0.3) is 27.8 Å². The van der Waals surface area contributed by atoms with Gasteiger partial charge in [-0.1, -0.05) is 12.1 Å². The molecule has 0 radical (unpaired) electrons. The first-order chi connectivity index (χ1) is 12.2. The van der Waals surface area contributed by atoms with E-state index in [0.29, 0.717) is 24.3 Å². The number of methoxy groups -OCH3 is 1. The molecule has 0 aliphatic heterocycles. The highest BCUT2D eigenvalue weighted by Crippen LogP contribution is 2.24. The average molecular weight is 339 g/mol. The van der Waals surface area contributed by atoms with Crippen LogP contribution in [0.4, 0.5) is 4.39 Å². The number of hydrogen-bond acceptors (Lipinski definition) is 5. The van der Waals surface area contributed by atoms with Crippen molar-refractivity contribution >= 4 is 16.7 Å². The molecular weight excluding hydrogens is 325 g/mol. The quantitative estimate of drug-likeness (QED) is 0.568. The fraction of sp³-hybridized carbons (Fsp3) is 0.176. The Hall–Kier alpha value is -3.13. The third-order valence-corrected chi connectivity index (χ3v) is 4.03. The Morgan fingerprint density at radius 3 is 2.72 bits per heavy atom. The van der Waals surface area contributed by atoms with E-state index in [4.69, 9.17) is 4.74 Å². The molecule has 3 aromatic heterocycles. The Morgan fingerprint density at radius 1 is 1.16 bits per heavy atom. The minimum Gasteiger partial charge on any atom is -0.383 e. The summed E-state index contributed by atoms with van der Waals surface area (Å²) in [5.41, 5.74) is 2.56. The van der Waals surface area contributed by atoms with Gasteiger partial charge in [-0.3, -0.25) is 4.79 Å². The van der Waals surface area contributed by atoms with Crippen LogP contribution in [0.2, 0.25) is 0 Å². The summed E-state index contributed by atoms with van der Waals surface area (Å²) in [7, 11) is 1.58. The maximum Gasteiger partial charge on any atom is 0.280 e. The number of fused-ring (bicyclic) bond motifs is 3. The van der Waals surface area contributed by atoms with Gasteiger partial charge in [0, 0.05) is 25.4 Å². The molecule has 0 saturated carbocycles. The summed E-state index contributed by atoms with van der Waals surface area (Å²) in [6.45, 7) is 0.864. The van der Waals surface area contributed by atoms with Crippen molar-refractivity contribution in [2.24, 2.45) is 0 Å². The Bertz CT molecular complexity index is 1120. The highest BCUT2D eigenvalue weighted by atomic mass is 19.1. The number of hydrogen-bond donors (Lipinski definition) is 0. The second-order valence-electron chi connectivity index (χ2n) is 5.54. The average Bonchev–Trinajstić information content (AvgIpc) is 3.06. The van der Waals surface area contributed by atoms with Gasteiger partial charge in [-0.25, -0.2) is 8.91 Å². The van der Waals surface area contributed by atoms with E-state index in [9.17, 15) is 9.18 Å². The Morgan fingerprint density at radius 2 is 1.96 bits per heavy atom. The molecule has 0 aliphatic rings. The zero-order chi connectivity index (χ0) is 17.4. The van der Waals surface area contributed by atoms with Gasteiger partial charge in [0.25, 0.3) is 5.56 Å². The zero-order valence-corrected chi connectivity index (χ0v) is 13.4. The van der Waals surface area contributed by atoms with Crippen LogP contribution in [0, 0.1) is 5.82 Å². The molecular formula is C17H14FN5O2. The SMILES string of the molecule is COCCn1ccc2c(nnc3c(-c4ccc(F)cc4)cnn32)c1=O. The second kappa shape index (κ2) is 6.06. The van der Waals surface area contributed by atoms with Gasteiger partial charge in [0.2, 0.25) is 0 Å². The monoisotopic (exact) mass is 339 g/mol. The standard InChI is InChI=1S/C17H14FN5O2/c1-25-9-8-22-7-6-14-15(17(22)24)20-21-16-13(10-19-23(14)16)11-2-4-12(18)5-3-11/h2-7,10H,8-9H2,1H3. The van der Waals surface area contributed by atoms with E-state index >= 15 is 0 Å². The summed E-state index contributed by atoms with van der Waals surface area (Å²) in [4.78, 5) is 12.5. The zero-order valence-electron chi connectivity index (χ0n) is 13.4. The Kier molecular flexibility index (Phi) is 3.73. The van der Waals surface area contributed by atoms with Gasteiger partial charge in [-0.05, 0) is 23.8 Å². The first kappa shape index (κ1) is 15.4. The van der Waals surface area contributed by atoms with E-state index in [1.807, 2.05) is 0 Å². The lowest BCUT2D eigenvalue weighted by Gasteiger charge is -2.06. The molecule has 0 spiro atoms. The van der Waals surface area contributed by atoms with Crippen LogP contribution in [0.15, 0.2) is 47.5 Å². The third-order valence-electron chi connectivity index (χ3n) is 4.03. The number of halogens is 1. The maximum absolute atomic E-state index is 13.1. The molecule has 7 nitrogen and oxygen atoms in total. The topological polar surface area (TPSA) is 74.3 Å². The van der Waals surface area contributed by atoms with Gasteiger partial charge < -0.3 is 9.30 Å². The fourth-order valence-corrected chi connectivity index (χ4v) is 2.73. The van der Waals surface area contributed by atoms with Crippen molar-refractivity contribution < 1.29 is 9.13 Å². The molecule has 3 heterocycles. The summed E-state index contributed by atoms with van der Waals surface area (Å²) in [5.74, 6) is -0.312. The summed E-state index contributed by atoms with van der Waals surface area (Å²) >= 11 is 0. The van der Waals surface area contributed by atoms with Crippen molar-refractivity contribution in [1.82, 2.24) is 24.4 Å². The number of rotatable bonds is 4. The number of ether oxygens (including phenoxy) is 1. The molecule has 25 heavy (non-hydrogen) atoms. The summed E-state index contributed by atoms with van der Waals surface area (Å²) < 4.78 is 21.2. The van der Waals surface area contributed by atoms with Crippen LogP contribution in [0.5, 0.6) is 0 Å². The Labute approximate surface area is 141 Å². The van der Waals surface area contributed by atoms with E-state index < -0.39 is 0 Å².